The molecule has 21 heavy (non-hydrogen) atoms. The summed E-state index contributed by atoms with van der Waals surface area (Å²) in [6, 6.07) is 8.79. The van der Waals surface area contributed by atoms with Crippen molar-refractivity contribution in [1.82, 2.24) is 10.2 Å². The van der Waals surface area contributed by atoms with Gasteiger partial charge in [-0.05, 0) is 50.6 Å². The SMILES string of the molecule is CNCCCc1ccc(N(C)CCCN(C)C(C)=O)cc1. The van der Waals surface area contributed by atoms with Crippen LogP contribution < -0.4 is 10.2 Å². The topological polar surface area (TPSA) is 35.6 Å². The summed E-state index contributed by atoms with van der Waals surface area (Å²) in [5, 5.41) is 3.17. The first-order valence-corrected chi connectivity index (χ1v) is 7.71. The quantitative estimate of drug-likeness (QED) is 0.708. The van der Waals surface area contributed by atoms with E-state index in [1.807, 2.05) is 14.1 Å². The van der Waals surface area contributed by atoms with Gasteiger partial charge >= 0.3 is 0 Å². The summed E-state index contributed by atoms with van der Waals surface area (Å²) in [5.41, 5.74) is 2.62. The Labute approximate surface area is 129 Å². The summed E-state index contributed by atoms with van der Waals surface area (Å²) in [6.07, 6.45) is 3.27. The summed E-state index contributed by atoms with van der Waals surface area (Å²) in [7, 11) is 5.94. The van der Waals surface area contributed by atoms with Crippen LogP contribution in [0.15, 0.2) is 24.3 Å². The average Bonchev–Trinajstić information content (AvgIpc) is 2.47. The molecule has 0 bridgehead atoms. The van der Waals surface area contributed by atoms with Crippen LogP contribution in [0.4, 0.5) is 5.69 Å². The zero-order chi connectivity index (χ0) is 15.7. The highest BCUT2D eigenvalue weighted by molar-refractivity contribution is 5.72. The van der Waals surface area contributed by atoms with Crippen molar-refractivity contribution in [3.8, 4) is 0 Å². The predicted octanol–water partition coefficient (Wildman–Crippen LogP) is 2.14. The first kappa shape index (κ1) is 17.5. The second-order valence-corrected chi connectivity index (χ2v) is 5.59. The largest absolute Gasteiger partial charge is 0.375 e. The van der Waals surface area contributed by atoms with Gasteiger partial charge in [0.1, 0.15) is 0 Å². The smallest absolute Gasteiger partial charge is 0.219 e. The van der Waals surface area contributed by atoms with Gasteiger partial charge in [0.25, 0.3) is 0 Å². The summed E-state index contributed by atoms with van der Waals surface area (Å²) < 4.78 is 0. The van der Waals surface area contributed by atoms with E-state index in [0.717, 1.165) is 32.5 Å². The van der Waals surface area contributed by atoms with Crippen molar-refractivity contribution in [2.45, 2.75) is 26.2 Å². The van der Waals surface area contributed by atoms with Crippen LogP contribution >= 0.6 is 0 Å². The Morgan fingerprint density at radius 1 is 1.10 bits per heavy atom. The van der Waals surface area contributed by atoms with E-state index in [0.29, 0.717) is 0 Å². The molecule has 0 saturated heterocycles. The molecule has 1 amide bonds. The normalized spacial score (nSPS) is 10.5. The van der Waals surface area contributed by atoms with Gasteiger partial charge in [-0.15, -0.1) is 0 Å². The fourth-order valence-corrected chi connectivity index (χ4v) is 2.22. The molecule has 0 aliphatic rings. The standard InChI is InChI=1S/C17H29N3O/c1-15(21)19(3)13-6-14-20(4)17-10-8-16(9-11-17)7-5-12-18-2/h8-11,18H,5-7,12-14H2,1-4H3. The summed E-state index contributed by atoms with van der Waals surface area (Å²) in [6.45, 7) is 4.43. The lowest BCUT2D eigenvalue weighted by atomic mass is 10.1. The first-order chi connectivity index (χ1) is 10.0. The van der Waals surface area contributed by atoms with Crippen molar-refractivity contribution in [3.63, 3.8) is 0 Å². The maximum atomic E-state index is 11.1. The minimum absolute atomic E-state index is 0.128. The lowest BCUT2D eigenvalue weighted by molar-refractivity contribution is -0.127. The fourth-order valence-electron chi connectivity index (χ4n) is 2.22. The van der Waals surface area contributed by atoms with Gasteiger partial charge in [-0.25, -0.2) is 0 Å². The second kappa shape index (κ2) is 9.40. The van der Waals surface area contributed by atoms with Gasteiger partial charge in [-0.3, -0.25) is 4.79 Å². The molecule has 1 aromatic carbocycles. The number of nitrogens with zero attached hydrogens (tertiary/aromatic N) is 2. The number of amides is 1. The van der Waals surface area contributed by atoms with Crippen molar-refractivity contribution in [1.29, 1.82) is 0 Å². The molecule has 4 heteroatoms. The number of hydrogen-bond donors (Lipinski definition) is 1. The minimum Gasteiger partial charge on any atom is -0.375 e. The molecule has 1 N–H and O–H groups in total. The Hall–Kier alpha value is -1.55. The van der Waals surface area contributed by atoms with Crippen molar-refractivity contribution in [2.24, 2.45) is 0 Å². The predicted molar refractivity (Wildman–Crippen MR) is 89.9 cm³/mol. The van der Waals surface area contributed by atoms with Crippen LogP contribution in [0.2, 0.25) is 0 Å². The number of carbonyl (C=O) groups excluding carboxylic acids is 1. The molecular formula is C17H29N3O. The van der Waals surface area contributed by atoms with Crippen LogP contribution in [0, 0.1) is 0 Å². The molecular weight excluding hydrogens is 262 g/mol. The van der Waals surface area contributed by atoms with E-state index in [9.17, 15) is 4.79 Å². The van der Waals surface area contributed by atoms with Gasteiger partial charge < -0.3 is 15.1 Å². The molecule has 0 saturated carbocycles. The third-order valence-electron chi connectivity index (χ3n) is 3.79. The van der Waals surface area contributed by atoms with E-state index in [1.54, 1.807) is 11.8 Å². The van der Waals surface area contributed by atoms with Crippen LogP contribution in [0.25, 0.3) is 0 Å². The number of carbonyl (C=O) groups is 1. The van der Waals surface area contributed by atoms with E-state index in [1.165, 1.54) is 17.7 Å². The molecule has 0 aliphatic carbocycles. The molecule has 0 fully saturated rings. The summed E-state index contributed by atoms with van der Waals surface area (Å²) in [4.78, 5) is 15.1. The van der Waals surface area contributed by atoms with Gasteiger partial charge in [0.05, 0.1) is 0 Å². The molecule has 1 rings (SSSR count). The van der Waals surface area contributed by atoms with Crippen molar-refractivity contribution < 1.29 is 4.79 Å². The second-order valence-electron chi connectivity index (χ2n) is 5.59. The van der Waals surface area contributed by atoms with Crippen molar-refractivity contribution >= 4 is 11.6 Å². The Balaban J connectivity index is 2.37. The minimum atomic E-state index is 0.128. The van der Waals surface area contributed by atoms with E-state index in [-0.39, 0.29) is 5.91 Å². The Morgan fingerprint density at radius 2 is 1.76 bits per heavy atom. The average molecular weight is 291 g/mol. The molecule has 0 aromatic heterocycles. The number of hydrogen-bond acceptors (Lipinski definition) is 3. The van der Waals surface area contributed by atoms with E-state index < -0.39 is 0 Å². The maximum absolute atomic E-state index is 11.1. The van der Waals surface area contributed by atoms with Gasteiger partial charge in [0.15, 0.2) is 0 Å². The molecule has 0 atom stereocenters. The van der Waals surface area contributed by atoms with Gasteiger partial charge in [0, 0.05) is 39.8 Å². The Morgan fingerprint density at radius 3 is 2.33 bits per heavy atom. The maximum Gasteiger partial charge on any atom is 0.219 e. The number of benzene rings is 1. The molecule has 0 spiro atoms. The first-order valence-electron chi connectivity index (χ1n) is 7.71. The fraction of sp³-hybridized carbons (Fsp3) is 0.588. The highest BCUT2D eigenvalue weighted by Gasteiger charge is 2.04. The lowest BCUT2D eigenvalue weighted by Gasteiger charge is -2.21. The van der Waals surface area contributed by atoms with Crippen LogP contribution in [0.1, 0.15) is 25.3 Å². The highest BCUT2D eigenvalue weighted by atomic mass is 16.2. The number of rotatable bonds is 9. The number of anilines is 1. The Bertz CT molecular complexity index is 417. The third-order valence-corrected chi connectivity index (χ3v) is 3.79. The highest BCUT2D eigenvalue weighted by Crippen LogP contribution is 2.15. The van der Waals surface area contributed by atoms with E-state index >= 15 is 0 Å². The molecule has 118 valence electrons. The van der Waals surface area contributed by atoms with Gasteiger partial charge in [0.2, 0.25) is 5.91 Å². The molecule has 0 radical (unpaired) electrons. The zero-order valence-electron chi connectivity index (χ0n) is 13.9. The third kappa shape index (κ3) is 6.63. The molecule has 0 unspecified atom stereocenters. The van der Waals surface area contributed by atoms with Crippen LogP contribution in [0.5, 0.6) is 0 Å². The monoisotopic (exact) mass is 291 g/mol. The molecule has 0 heterocycles. The van der Waals surface area contributed by atoms with Crippen molar-refractivity contribution in [3.05, 3.63) is 29.8 Å². The molecule has 1 aromatic rings. The number of nitrogens with one attached hydrogen (secondary N) is 1. The van der Waals surface area contributed by atoms with Crippen LogP contribution in [0.3, 0.4) is 0 Å². The van der Waals surface area contributed by atoms with Crippen LogP contribution in [-0.4, -0.2) is 51.6 Å². The lowest BCUT2D eigenvalue weighted by Crippen LogP contribution is -2.28. The Kier molecular flexibility index (Phi) is 7.83. The van der Waals surface area contributed by atoms with Crippen LogP contribution in [-0.2, 0) is 11.2 Å². The zero-order valence-corrected chi connectivity index (χ0v) is 13.9. The molecule has 0 aliphatic heterocycles. The number of aryl methyl sites for hydroxylation is 1. The molecule has 4 nitrogen and oxygen atoms in total. The van der Waals surface area contributed by atoms with Gasteiger partial charge in [-0.2, -0.15) is 0 Å². The summed E-state index contributed by atoms with van der Waals surface area (Å²) >= 11 is 0. The van der Waals surface area contributed by atoms with E-state index in [2.05, 4.69) is 41.5 Å². The van der Waals surface area contributed by atoms with E-state index in [4.69, 9.17) is 0 Å². The van der Waals surface area contributed by atoms with Gasteiger partial charge in [-0.1, -0.05) is 12.1 Å². The summed E-state index contributed by atoms with van der Waals surface area (Å²) in [5.74, 6) is 0.128. The van der Waals surface area contributed by atoms with Crippen molar-refractivity contribution in [2.75, 3.05) is 45.7 Å².